The molecule has 0 aliphatic heterocycles. The fourth-order valence-electron chi connectivity index (χ4n) is 0.750. The summed E-state index contributed by atoms with van der Waals surface area (Å²) < 4.78 is 0.738. The number of hydrogen-bond acceptors (Lipinski definition) is 0. The van der Waals surface area contributed by atoms with Gasteiger partial charge in [0, 0.05) is 0 Å². The standard InChI is InChI=1S/C6H13.K/c1-4-5-6(2)3;/h4-5H2,1-3H3;. The van der Waals surface area contributed by atoms with Gasteiger partial charge in [-0.15, -0.1) is 0 Å². The summed E-state index contributed by atoms with van der Waals surface area (Å²) in [4.78, 5) is 0. The molecule has 0 aromatic carbocycles. The van der Waals surface area contributed by atoms with Crippen LogP contribution in [0.1, 0.15) is 33.6 Å². The molecule has 38 valence electrons. The monoisotopic (exact) mass is 124 g/mol. The molecule has 0 fully saturated rings. The fraction of sp³-hybridized carbons (Fsp3) is 1.00. The Balaban J connectivity index is 3.15. The van der Waals surface area contributed by atoms with Crippen molar-refractivity contribution >= 4 is 49.0 Å². The van der Waals surface area contributed by atoms with Crippen LogP contribution in [0.5, 0.6) is 0 Å². The van der Waals surface area contributed by atoms with Gasteiger partial charge in [-0.2, -0.15) is 0 Å². The van der Waals surface area contributed by atoms with Crippen molar-refractivity contribution in [1.29, 1.82) is 0 Å². The second-order valence-corrected chi connectivity index (χ2v) is 7.54. The van der Waals surface area contributed by atoms with E-state index in [0.717, 1.165) is 48.5 Å². The third-order valence-electron chi connectivity index (χ3n) is 1.000. The van der Waals surface area contributed by atoms with Gasteiger partial charge in [0.1, 0.15) is 0 Å². The van der Waals surface area contributed by atoms with Gasteiger partial charge in [-0.05, 0) is 0 Å². The van der Waals surface area contributed by atoms with E-state index in [2.05, 4.69) is 20.8 Å². The molecule has 0 saturated heterocycles. The first kappa shape index (κ1) is 8.64. The van der Waals surface area contributed by atoms with Crippen LogP contribution >= 0.6 is 0 Å². The molecule has 0 heterocycles. The Hall–Kier alpha value is 1.64. The van der Waals surface area contributed by atoms with Gasteiger partial charge >= 0.3 is 82.1 Å². The summed E-state index contributed by atoms with van der Waals surface area (Å²) in [6.45, 7) is 6.97. The molecule has 1 heteroatoms. The molecule has 0 rings (SSSR count). The Labute approximate surface area is 80.6 Å². The van der Waals surface area contributed by atoms with E-state index in [-0.39, 0.29) is 0 Å². The van der Waals surface area contributed by atoms with E-state index in [4.69, 9.17) is 0 Å². The van der Waals surface area contributed by atoms with Crippen LogP contribution in [0.15, 0.2) is 0 Å². The van der Waals surface area contributed by atoms with E-state index < -0.39 is 0 Å². The van der Waals surface area contributed by atoms with Crippen LogP contribution in [-0.4, -0.2) is 49.0 Å². The van der Waals surface area contributed by atoms with Crippen LogP contribution in [0.3, 0.4) is 0 Å². The molecule has 0 N–H and O–H groups in total. The molecular formula is C6H13K. The van der Waals surface area contributed by atoms with Crippen LogP contribution in [0, 0.1) is 0 Å². The molecule has 0 aromatic heterocycles. The van der Waals surface area contributed by atoms with E-state index in [1.165, 1.54) is 12.8 Å². The molecule has 0 atom stereocenters. The zero-order chi connectivity index (χ0) is 5.91. The van der Waals surface area contributed by atoms with E-state index in [9.17, 15) is 0 Å². The summed E-state index contributed by atoms with van der Waals surface area (Å²) in [7, 11) is 0. The van der Waals surface area contributed by atoms with Crippen LogP contribution in [0.2, 0.25) is -0.490 Å². The van der Waals surface area contributed by atoms with Crippen molar-refractivity contribution in [2.45, 2.75) is 33.1 Å². The first-order valence-electron chi connectivity index (χ1n) is 3.06. The minimum absolute atomic E-state index is 0.738. The predicted molar refractivity (Wildman–Crippen MR) is 34.7 cm³/mol. The van der Waals surface area contributed by atoms with Crippen molar-refractivity contribution in [3.05, 3.63) is 0 Å². The molecule has 0 unspecified atom stereocenters. The molecule has 0 spiro atoms. The van der Waals surface area contributed by atoms with Gasteiger partial charge in [-0.3, -0.25) is 0 Å². The quantitative estimate of drug-likeness (QED) is 0.495. The van der Waals surface area contributed by atoms with Gasteiger partial charge in [0.25, 0.3) is 0 Å². The molecule has 0 aliphatic rings. The van der Waals surface area contributed by atoms with Crippen molar-refractivity contribution in [2.75, 3.05) is 0 Å². The zero-order valence-corrected chi connectivity index (χ0v) is 9.04. The number of rotatable bonds is 2. The maximum atomic E-state index is 2.36. The van der Waals surface area contributed by atoms with Gasteiger partial charge in [0.05, 0.1) is 0 Å². The molecule has 0 aromatic rings. The Morgan fingerprint density at radius 1 is 1.43 bits per heavy atom. The topological polar surface area (TPSA) is 0 Å². The third kappa shape index (κ3) is 7.64. The molecule has 0 nitrogen and oxygen atoms in total. The summed E-state index contributed by atoms with van der Waals surface area (Å²) in [6.07, 6.45) is 2.78. The van der Waals surface area contributed by atoms with Crippen LogP contribution in [0.25, 0.3) is 0 Å². The average molecular weight is 124 g/mol. The van der Waals surface area contributed by atoms with Gasteiger partial charge < -0.3 is 0 Å². The summed E-state index contributed by atoms with van der Waals surface area (Å²) in [5.41, 5.74) is 0. The molecule has 0 amide bonds. The molecule has 0 radical (unpaired) electrons. The van der Waals surface area contributed by atoms with Crippen LogP contribution in [0.4, 0.5) is 0 Å². The van der Waals surface area contributed by atoms with E-state index >= 15 is 0 Å². The van der Waals surface area contributed by atoms with Crippen LogP contribution < -0.4 is 0 Å². The Kier molecular flexibility index (Phi) is 4.47. The summed E-state index contributed by atoms with van der Waals surface area (Å²) in [5, 5.41) is 0. The Bertz CT molecular complexity index is 42.6. The van der Waals surface area contributed by atoms with Crippen molar-refractivity contribution in [3.63, 3.8) is 0 Å². The normalized spacial score (nSPS) is 12.1. The van der Waals surface area contributed by atoms with Crippen molar-refractivity contribution < 1.29 is 0 Å². The maximum absolute atomic E-state index is 2.36. The molecule has 7 heavy (non-hydrogen) atoms. The second-order valence-electron chi connectivity index (χ2n) is 3.31. The average Bonchev–Trinajstić information content (AvgIpc) is 1.30. The fourth-order valence-corrected chi connectivity index (χ4v) is 1.53. The molecule has 0 bridgehead atoms. The minimum atomic E-state index is 0.738. The van der Waals surface area contributed by atoms with E-state index in [1.807, 2.05) is 0 Å². The first-order chi connectivity index (χ1) is 3.06. The Morgan fingerprint density at radius 3 is 1.86 bits per heavy atom. The second kappa shape index (κ2) is 3.62. The molecule has 0 saturated carbocycles. The van der Waals surface area contributed by atoms with Crippen molar-refractivity contribution in [3.8, 4) is 0 Å². The predicted octanol–water partition coefficient (Wildman–Crippen LogP) is 2.15. The summed E-state index contributed by atoms with van der Waals surface area (Å²) >= 11 is 1.01. The zero-order valence-electron chi connectivity index (χ0n) is 5.91. The van der Waals surface area contributed by atoms with Gasteiger partial charge in [0.15, 0.2) is 0 Å². The van der Waals surface area contributed by atoms with Crippen LogP contribution in [-0.2, 0) is 0 Å². The van der Waals surface area contributed by atoms with E-state index in [1.54, 1.807) is 0 Å². The van der Waals surface area contributed by atoms with E-state index in [0.29, 0.717) is 0 Å². The van der Waals surface area contributed by atoms with Gasteiger partial charge in [-0.1, -0.05) is 0 Å². The van der Waals surface area contributed by atoms with Gasteiger partial charge in [0.2, 0.25) is 0 Å². The van der Waals surface area contributed by atoms with Gasteiger partial charge in [-0.25, -0.2) is 0 Å². The SMILES string of the molecule is CCC[C](C)(C)[K]. The summed E-state index contributed by atoms with van der Waals surface area (Å²) in [5.74, 6) is 0. The third-order valence-corrected chi connectivity index (χ3v) is 1.78. The Morgan fingerprint density at radius 2 is 1.86 bits per heavy atom. The molecular weight excluding hydrogens is 111 g/mol. The number of hydrogen-bond donors (Lipinski definition) is 0. The van der Waals surface area contributed by atoms with Crippen molar-refractivity contribution in [2.24, 2.45) is 0 Å². The summed E-state index contributed by atoms with van der Waals surface area (Å²) in [6, 6.07) is 0. The first-order valence-corrected chi connectivity index (χ1v) is 4.62. The molecule has 0 aliphatic carbocycles. The van der Waals surface area contributed by atoms with Crippen molar-refractivity contribution in [1.82, 2.24) is 0 Å².